The van der Waals surface area contributed by atoms with Gasteiger partial charge in [-0.1, -0.05) is 11.6 Å². The fourth-order valence-electron chi connectivity index (χ4n) is 2.73. The van der Waals surface area contributed by atoms with E-state index in [4.69, 9.17) is 11.6 Å². The molecule has 0 unspecified atom stereocenters. The first-order valence-corrected chi connectivity index (χ1v) is 8.97. The summed E-state index contributed by atoms with van der Waals surface area (Å²) in [5, 5.41) is 25.6. The van der Waals surface area contributed by atoms with Crippen molar-refractivity contribution in [3.8, 4) is 17.4 Å². The first-order chi connectivity index (χ1) is 13.7. The molecular formula is C18H15ClF3N5O2. The number of nitrogens with one attached hydrogen (secondary N) is 2. The Kier molecular flexibility index (Phi) is 4.65. The van der Waals surface area contributed by atoms with E-state index in [1.165, 1.54) is 24.3 Å². The molecule has 1 aliphatic carbocycles. The zero-order valence-corrected chi connectivity index (χ0v) is 15.5. The highest BCUT2D eigenvalue weighted by molar-refractivity contribution is 6.32. The van der Waals surface area contributed by atoms with Crippen LogP contribution >= 0.6 is 11.6 Å². The lowest BCUT2D eigenvalue weighted by Gasteiger charge is -2.15. The normalized spacial score (nSPS) is 14.1. The molecule has 1 aliphatic rings. The Morgan fingerprint density at radius 1 is 1.10 bits per heavy atom. The number of hydrogen-bond donors (Lipinski definition) is 4. The molecule has 29 heavy (non-hydrogen) atoms. The standard InChI is InChI=1S/C18H15ClF3N5O2/c19-12-4-3-10(7-13(12)27-14(28)5-6-15(27)29)25-17-23-8-11(18(20,21)22)16(26-17)24-9-1-2-9/h3-9,28-29H,1-2H2,(H2,23,24,25,26). The van der Waals surface area contributed by atoms with E-state index < -0.39 is 11.7 Å². The van der Waals surface area contributed by atoms with Gasteiger partial charge in [0.1, 0.15) is 11.4 Å². The Hall–Kier alpha value is -3.14. The minimum Gasteiger partial charge on any atom is -0.494 e. The van der Waals surface area contributed by atoms with E-state index in [-0.39, 0.29) is 40.3 Å². The summed E-state index contributed by atoms with van der Waals surface area (Å²) < 4.78 is 40.7. The number of benzene rings is 1. The van der Waals surface area contributed by atoms with Crippen molar-refractivity contribution in [3.05, 3.63) is 47.1 Å². The third-order valence-electron chi connectivity index (χ3n) is 4.30. The van der Waals surface area contributed by atoms with E-state index in [1.54, 1.807) is 6.07 Å². The number of alkyl halides is 3. The molecule has 2 heterocycles. The number of aromatic hydroxyl groups is 2. The zero-order chi connectivity index (χ0) is 20.8. The van der Waals surface area contributed by atoms with Crippen molar-refractivity contribution >= 4 is 29.1 Å². The second-order valence-electron chi connectivity index (χ2n) is 6.55. The van der Waals surface area contributed by atoms with Crippen LogP contribution in [0.3, 0.4) is 0 Å². The van der Waals surface area contributed by atoms with Gasteiger partial charge in [0, 0.05) is 30.1 Å². The van der Waals surface area contributed by atoms with Crippen molar-refractivity contribution in [2.45, 2.75) is 25.1 Å². The van der Waals surface area contributed by atoms with Gasteiger partial charge in [0.25, 0.3) is 0 Å². The number of halogens is 4. The smallest absolute Gasteiger partial charge is 0.421 e. The lowest BCUT2D eigenvalue weighted by Crippen LogP contribution is -2.15. The number of anilines is 3. The number of rotatable bonds is 5. The molecule has 11 heteroatoms. The first kappa shape index (κ1) is 19.2. The second-order valence-corrected chi connectivity index (χ2v) is 6.96. The molecule has 0 aliphatic heterocycles. The molecule has 1 aromatic carbocycles. The van der Waals surface area contributed by atoms with E-state index in [1.807, 2.05) is 0 Å². The Bertz CT molecular complexity index is 1050. The molecule has 7 nitrogen and oxygen atoms in total. The molecule has 0 spiro atoms. The van der Waals surface area contributed by atoms with Crippen molar-refractivity contribution in [1.82, 2.24) is 14.5 Å². The van der Waals surface area contributed by atoms with Gasteiger partial charge in [0.2, 0.25) is 5.95 Å². The quantitative estimate of drug-likeness (QED) is 0.474. The molecule has 1 fully saturated rings. The minimum absolute atomic E-state index is 0.0272. The monoisotopic (exact) mass is 425 g/mol. The third-order valence-corrected chi connectivity index (χ3v) is 4.61. The average molecular weight is 426 g/mol. The van der Waals surface area contributed by atoms with Crippen molar-refractivity contribution < 1.29 is 23.4 Å². The molecule has 0 atom stereocenters. The summed E-state index contributed by atoms with van der Waals surface area (Å²) in [5.74, 6) is -0.797. The van der Waals surface area contributed by atoms with E-state index in [9.17, 15) is 23.4 Å². The molecular weight excluding hydrogens is 411 g/mol. The number of nitrogens with zero attached hydrogens (tertiary/aromatic N) is 3. The third kappa shape index (κ3) is 4.02. The molecule has 2 aromatic heterocycles. The lowest BCUT2D eigenvalue weighted by molar-refractivity contribution is -0.137. The van der Waals surface area contributed by atoms with Crippen molar-refractivity contribution in [3.63, 3.8) is 0 Å². The molecule has 3 aromatic rings. The van der Waals surface area contributed by atoms with Crippen molar-refractivity contribution in [2.75, 3.05) is 10.6 Å². The largest absolute Gasteiger partial charge is 0.494 e. The maximum absolute atomic E-state index is 13.2. The fourth-order valence-corrected chi connectivity index (χ4v) is 2.94. The maximum Gasteiger partial charge on any atom is 0.421 e. The summed E-state index contributed by atoms with van der Waals surface area (Å²) >= 11 is 6.16. The van der Waals surface area contributed by atoms with Crippen LogP contribution in [0, 0.1) is 0 Å². The van der Waals surface area contributed by atoms with Crippen LogP contribution in [0.15, 0.2) is 36.5 Å². The average Bonchev–Trinajstić information content (AvgIpc) is 3.39. The molecule has 4 rings (SSSR count). The number of aromatic nitrogens is 3. The molecule has 0 bridgehead atoms. The van der Waals surface area contributed by atoms with Crippen molar-refractivity contribution in [2.24, 2.45) is 0 Å². The molecule has 0 amide bonds. The van der Waals surface area contributed by atoms with Crippen LogP contribution in [0.2, 0.25) is 5.02 Å². The van der Waals surface area contributed by atoms with Gasteiger partial charge >= 0.3 is 6.18 Å². The molecule has 0 radical (unpaired) electrons. The van der Waals surface area contributed by atoms with Crippen molar-refractivity contribution in [1.29, 1.82) is 0 Å². The molecule has 1 saturated carbocycles. The van der Waals surface area contributed by atoms with E-state index in [0.29, 0.717) is 5.69 Å². The van der Waals surface area contributed by atoms with Gasteiger partial charge in [-0.2, -0.15) is 18.2 Å². The van der Waals surface area contributed by atoms with Crippen LogP contribution < -0.4 is 10.6 Å². The predicted molar refractivity (Wildman–Crippen MR) is 101 cm³/mol. The first-order valence-electron chi connectivity index (χ1n) is 8.60. The summed E-state index contributed by atoms with van der Waals surface area (Å²) in [7, 11) is 0. The Morgan fingerprint density at radius 3 is 2.41 bits per heavy atom. The lowest BCUT2D eigenvalue weighted by atomic mass is 10.2. The minimum atomic E-state index is -4.58. The van der Waals surface area contributed by atoms with Gasteiger partial charge in [-0.05, 0) is 31.0 Å². The van der Waals surface area contributed by atoms with Gasteiger partial charge in [0.15, 0.2) is 11.8 Å². The molecule has 4 N–H and O–H groups in total. The van der Waals surface area contributed by atoms with E-state index >= 15 is 0 Å². The summed E-state index contributed by atoms with van der Waals surface area (Å²) in [4.78, 5) is 7.73. The molecule has 0 saturated heterocycles. The SMILES string of the molecule is Oc1ccc(O)n1-c1cc(Nc2ncc(C(F)(F)F)c(NC3CC3)n2)ccc1Cl. The Morgan fingerprint density at radius 2 is 1.79 bits per heavy atom. The molecule has 152 valence electrons. The van der Waals surface area contributed by atoms with E-state index in [2.05, 4.69) is 20.6 Å². The van der Waals surface area contributed by atoms with Crippen LogP contribution in [0.1, 0.15) is 18.4 Å². The summed E-state index contributed by atoms with van der Waals surface area (Å²) in [6.07, 6.45) is -2.28. The topological polar surface area (TPSA) is 95.2 Å². The predicted octanol–water partition coefficient (Wildman–Crippen LogP) is 4.67. The van der Waals surface area contributed by atoms with Gasteiger partial charge in [0.05, 0.1) is 10.7 Å². The fraction of sp³-hybridized carbons (Fsp3) is 0.222. The van der Waals surface area contributed by atoms with Gasteiger partial charge < -0.3 is 20.8 Å². The Labute approximate surface area is 167 Å². The summed E-state index contributed by atoms with van der Waals surface area (Å²) in [6, 6.07) is 7.13. The maximum atomic E-state index is 13.2. The highest BCUT2D eigenvalue weighted by atomic mass is 35.5. The summed E-state index contributed by atoms with van der Waals surface area (Å²) in [5.41, 5.74) is -0.275. The summed E-state index contributed by atoms with van der Waals surface area (Å²) in [6.45, 7) is 0. The van der Waals surface area contributed by atoms with E-state index in [0.717, 1.165) is 23.6 Å². The van der Waals surface area contributed by atoms with Crippen LogP contribution in [0.4, 0.5) is 30.6 Å². The van der Waals surface area contributed by atoms with Crippen LogP contribution in [0.25, 0.3) is 5.69 Å². The number of hydrogen-bond acceptors (Lipinski definition) is 6. The second kappa shape index (κ2) is 7.03. The van der Waals surface area contributed by atoms with Crippen LogP contribution in [-0.2, 0) is 6.18 Å². The van der Waals surface area contributed by atoms with Gasteiger partial charge in [-0.15, -0.1) is 0 Å². The highest BCUT2D eigenvalue weighted by Crippen LogP contribution is 2.37. The highest BCUT2D eigenvalue weighted by Gasteiger charge is 2.36. The van der Waals surface area contributed by atoms with Gasteiger partial charge in [-0.25, -0.2) is 9.55 Å². The zero-order valence-electron chi connectivity index (χ0n) is 14.7. The Balaban J connectivity index is 1.66. The van der Waals surface area contributed by atoms with Gasteiger partial charge in [-0.3, -0.25) is 0 Å². The van der Waals surface area contributed by atoms with Crippen LogP contribution in [-0.4, -0.2) is 30.8 Å². The van der Waals surface area contributed by atoms with Crippen LogP contribution in [0.5, 0.6) is 11.8 Å².